The molecule has 10 nitrogen and oxygen atoms in total. The van der Waals surface area contributed by atoms with E-state index in [0.717, 1.165) is 5.56 Å². The molecule has 0 bridgehead atoms. The summed E-state index contributed by atoms with van der Waals surface area (Å²) >= 11 is 0. The van der Waals surface area contributed by atoms with Gasteiger partial charge in [-0.1, -0.05) is 18.2 Å². The van der Waals surface area contributed by atoms with Crippen LogP contribution in [0.25, 0.3) is 6.08 Å². The van der Waals surface area contributed by atoms with Gasteiger partial charge in [0, 0.05) is 6.08 Å². The van der Waals surface area contributed by atoms with Crippen molar-refractivity contribution in [1.82, 2.24) is 5.32 Å². The second-order valence-corrected chi connectivity index (χ2v) is 4.60. The lowest BCUT2D eigenvalue weighted by Gasteiger charge is -2.12. The SMILES string of the molecule is COc1cc(/C=C/C=C/C(=O)NC(C)O)cc(OC)c1OC.O=[N+]([O-])O. The maximum absolute atomic E-state index is 11.3. The molecule has 0 spiro atoms. The summed E-state index contributed by atoms with van der Waals surface area (Å²) in [5.74, 6) is 1.26. The minimum Gasteiger partial charge on any atom is -0.493 e. The molecule has 1 atom stereocenters. The molecule has 0 aliphatic carbocycles. The van der Waals surface area contributed by atoms with Crippen LogP contribution >= 0.6 is 0 Å². The summed E-state index contributed by atoms with van der Waals surface area (Å²) in [6.45, 7) is 1.47. The zero-order valence-corrected chi connectivity index (χ0v) is 14.8. The van der Waals surface area contributed by atoms with Crippen molar-refractivity contribution in [3.63, 3.8) is 0 Å². The first-order valence-electron chi connectivity index (χ1n) is 7.21. The molecule has 1 aromatic rings. The van der Waals surface area contributed by atoms with E-state index in [1.807, 2.05) is 0 Å². The van der Waals surface area contributed by atoms with Crippen LogP contribution in [0.4, 0.5) is 0 Å². The number of hydrogen-bond acceptors (Lipinski definition) is 7. The van der Waals surface area contributed by atoms with Gasteiger partial charge < -0.3 is 29.8 Å². The molecular weight excluding hydrogens is 348 g/mol. The number of methoxy groups -OCH3 is 3. The van der Waals surface area contributed by atoms with E-state index in [-0.39, 0.29) is 5.91 Å². The van der Waals surface area contributed by atoms with E-state index in [4.69, 9.17) is 34.6 Å². The number of amides is 1. The maximum Gasteiger partial charge on any atom is 0.291 e. The number of rotatable bonds is 7. The van der Waals surface area contributed by atoms with Gasteiger partial charge in [0.15, 0.2) is 11.5 Å². The fourth-order valence-electron chi connectivity index (χ4n) is 1.76. The van der Waals surface area contributed by atoms with Gasteiger partial charge in [0.2, 0.25) is 11.7 Å². The second kappa shape index (κ2) is 12.1. The van der Waals surface area contributed by atoms with E-state index in [1.54, 1.807) is 51.7 Å². The van der Waals surface area contributed by atoms with Crippen LogP contribution in [-0.2, 0) is 4.79 Å². The van der Waals surface area contributed by atoms with Gasteiger partial charge in [-0.3, -0.25) is 4.79 Å². The van der Waals surface area contributed by atoms with E-state index < -0.39 is 11.3 Å². The number of benzene rings is 1. The average Bonchev–Trinajstić information content (AvgIpc) is 2.56. The topological polar surface area (TPSA) is 140 Å². The van der Waals surface area contributed by atoms with Crippen molar-refractivity contribution in [2.75, 3.05) is 21.3 Å². The molecular formula is C16H22N2O8. The van der Waals surface area contributed by atoms with E-state index >= 15 is 0 Å². The summed E-state index contributed by atoms with van der Waals surface area (Å²) in [4.78, 5) is 19.7. The Labute approximate surface area is 150 Å². The summed E-state index contributed by atoms with van der Waals surface area (Å²) in [6, 6.07) is 3.59. The molecule has 1 rings (SSSR count). The molecule has 0 aliphatic rings. The number of allylic oxidation sites excluding steroid dienone is 2. The van der Waals surface area contributed by atoms with Crippen molar-refractivity contribution < 1.29 is 34.4 Å². The zero-order chi connectivity index (χ0) is 20.1. The molecule has 26 heavy (non-hydrogen) atoms. The van der Waals surface area contributed by atoms with E-state index in [2.05, 4.69) is 5.32 Å². The Morgan fingerprint density at radius 1 is 1.19 bits per heavy atom. The van der Waals surface area contributed by atoms with Gasteiger partial charge in [-0.25, -0.2) is 0 Å². The zero-order valence-electron chi connectivity index (χ0n) is 14.8. The Kier molecular flexibility index (Phi) is 10.6. The number of carbonyl (C=O) groups is 1. The van der Waals surface area contributed by atoms with Crippen molar-refractivity contribution in [2.45, 2.75) is 13.2 Å². The largest absolute Gasteiger partial charge is 0.493 e. The first-order chi connectivity index (χ1) is 12.2. The fraction of sp³-hybridized carbons (Fsp3) is 0.312. The standard InChI is InChI=1S/C16H21NO5.HNO3/c1-11(18)17-15(19)8-6-5-7-12-9-13(20-2)16(22-4)14(10-12)21-3;2-1(3)4/h5-11,18H,1-4H3,(H,17,19);(H,2,3,4)/b7-5+,8-6+;. The molecule has 0 radical (unpaired) electrons. The highest BCUT2D eigenvalue weighted by atomic mass is 16.9. The lowest BCUT2D eigenvalue weighted by molar-refractivity contribution is -0.742. The summed E-state index contributed by atoms with van der Waals surface area (Å²) in [5, 5.41) is 25.0. The van der Waals surface area contributed by atoms with Gasteiger partial charge in [0.1, 0.15) is 6.23 Å². The third kappa shape index (κ3) is 9.13. The van der Waals surface area contributed by atoms with Gasteiger partial charge in [0.05, 0.1) is 21.3 Å². The van der Waals surface area contributed by atoms with Crippen molar-refractivity contribution in [3.05, 3.63) is 46.0 Å². The molecule has 144 valence electrons. The Bertz CT molecular complexity index is 627. The number of aliphatic hydroxyl groups is 1. The lowest BCUT2D eigenvalue weighted by Crippen LogP contribution is -2.30. The quantitative estimate of drug-likeness (QED) is 0.215. The van der Waals surface area contributed by atoms with Crippen LogP contribution in [0, 0.1) is 10.1 Å². The van der Waals surface area contributed by atoms with Gasteiger partial charge in [-0.2, -0.15) is 0 Å². The van der Waals surface area contributed by atoms with Gasteiger partial charge >= 0.3 is 0 Å². The predicted octanol–water partition coefficient (Wildman–Crippen LogP) is 1.39. The van der Waals surface area contributed by atoms with Crippen LogP contribution in [0.15, 0.2) is 30.4 Å². The van der Waals surface area contributed by atoms with Gasteiger partial charge in [0.25, 0.3) is 5.09 Å². The Morgan fingerprint density at radius 2 is 1.69 bits per heavy atom. The Balaban J connectivity index is 0.00000141. The molecule has 0 saturated heterocycles. The molecule has 0 fully saturated rings. The summed E-state index contributed by atoms with van der Waals surface area (Å²) in [6.07, 6.45) is 5.50. The highest BCUT2D eigenvalue weighted by molar-refractivity contribution is 5.88. The summed E-state index contributed by atoms with van der Waals surface area (Å²) in [7, 11) is 4.63. The third-order valence-electron chi connectivity index (χ3n) is 2.69. The van der Waals surface area contributed by atoms with Crippen LogP contribution in [0.1, 0.15) is 12.5 Å². The molecule has 0 aromatic heterocycles. The number of aliphatic hydroxyl groups excluding tert-OH is 1. The van der Waals surface area contributed by atoms with E-state index in [0.29, 0.717) is 17.2 Å². The molecule has 1 unspecified atom stereocenters. The molecule has 10 heteroatoms. The van der Waals surface area contributed by atoms with Crippen molar-refractivity contribution >= 4 is 12.0 Å². The second-order valence-electron chi connectivity index (χ2n) is 4.60. The lowest BCUT2D eigenvalue weighted by atomic mass is 10.1. The minimum atomic E-state index is -1.50. The van der Waals surface area contributed by atoms with Crippen LogP contribution in [0.5, 0.6) is 17.2 Å². The molecule has 1 aromatic carbocycles. The van der Waals surface area contributed by atoms with Gasteiger partial charge in [-0.15, -0.1) is 10.1 Å². The molecule has 1 amide bonds. The molecule has 0 heterocycles. The molecule has 3 N–H and O–H groups in total. The van der Waals surface area contributed by atoms with Crippen molar-refractivity contribution in [2.24, 2.45) is 0 Å². The van der Waals surface area contributed by atoms with Crippen LogP contribution in [0.3, 0.4) is 0 Å². The normalized spacial score (nSPS) is 11.4. The summed E-state index contributed by atoms with van der Waals surface area (Å²) < 4.78 is 15.8. The minimum absolute atomic E-state index is 0.371. The van der Waals surface area contributed by atoms with Crippen LogP contribution in [0.2, 0.25) is 0 Å². The van der Waals surface area contributed by atoms with Crippen LogP contribution < -0.4 is 19.5 Å². The summed E-state index contributed by atoms with van der Waals surface area (Å²) in [5.41, 5.74) is 0.829. The smallest absolute Gasteiger partial charge is 0.291 e. The van der Waals surface area contributed by atoms with Crippen LogP contribution in [-0.4, -0.2) is 48.9 Å². The Morgan fingerprint density at radius 3 is 2.08 bits per heavy atom. The Hall–Kier alpha value is -3.27. The number of hydrogen-bond donors (Lipinski definition) is 3. The number of ether oxygens (including phenoxy) is 3. The molecule has 0 aliphatic heterocycles. The van der Waals surface area contributed by atoms with Gasteiger partial charge in [-0.05, 0) is 24.6 Å². The first kappa shape index (κ1) is 22.7. The van der Waals surface area contributed by atoms with Crippen molar-refractivity contribution in [1.29, 1.82) is 0 Å². The van der Waals surface area contributed by atoms with E-state index in [1.165, 1.54) is 13.0 Å². The highest BCUT2D eigenvalue weighted by Crippen LogP contribution is 2.38. The molecule has 0 saturated carbocycles. The number of nitrogens with zero attached hydrogens (tertiary/aromatic N) is 1. The fourth-order valence-corrected chi connectivity index (χ4v) is 1.76. The maximum atomic E-state index is 11.3. The van der Waals surface area contributed by atoms with E-state index in [9.17, 15) is 4.79 Å². The predicted molar refractivity (Wildman–Crippen MR) is 92.9 cm³/mol. The monoisotopic (exact) mass is 370 g/mol. The van der Waals surface area contributed by atoms with Crippen molar-refractivity contribution in [3.8, 4) is 17.2 Å². The highest BCUT2D eigenvalue weighted by Gasteiger charge is 2.11. The first-order valence-corrected chi connectivity index (χ1v) is 7.21. The number of nitrogens with one attached hydrogen (secondary N) is 1. The average molecular weight is 370 g/mol. The third-order valence-corrected chi connectivity index (χ3v) is 2.69. The number of carbonyl (C=O) groups excluding carboxylic acids is 1.